The smallest absolute Gasteiger partial charge is 0.350 e. The Morgan fingerprint density at radius 1 is 1.44 bits per heavy atom. The van der Waals surface area contributed by atoms with Crippen LogP contribution in [-0.2, 0) is 25.5 Å². The molecule has 1 amide bonds. The third-order valence-corrected chi connectivity index (χ3v) is 3.53. The van der Waals surface area contributed by atoms with E-state index in [1.54, 1.807) is 0 Å². The molecule has 2 rings (SSSR count). The van der Waals surface area contributed by atoms with E-state index in [1.807, 2.05) is 0 Å². The molecule has 0 aliphatic carbocycles. The first-order valence-corrected chi connectivity index (χ1v) is 7.12. The molecule has 0 saturated carbocycles. The summed E-state index contributed by atoms with van der Waals surface area (Å²) in [4.78, 5) is 37.6. The van der Waals surface area contributed by atoms with Gasteiger partial charge >= 0.3 is 11.7 Å². The van der Waals surface area contributed by atoms with Crippen LogP contribution in [0.25, 0.3) is 0 Å². The van der Waals surface area contributed by atoms with Gasteiger partial charge in [0.2, 0.25) is 0 Å². The second-order valence-electron chi connectivity index (χ2n) is 5.31. The Hall–Kier alpha value is -2.41. The number of hydroxylamine groups is 1. The average Bonchev–Trinajstić information content (AvgIpc) is 2.83. The fraction of sp³-hybridized carbons (Fsp3) is 0.538. The molecule has 1 aromatic heterocycles. The van der Waals surface area contributed by atoms with E-state index in [9.17, 15) is 29.0 Å². The van der Waals surface area contributed by atoms with Crippen LogP contribution in [0.5, 0.6) is 0 Å². The summed E-state index contributed by atoms with van der Waals surface area (Å²) in [5.74, 6) is -3.08. The van der Waals surface area contributed by atoms with E-state index in [0.29, 0.717) is 10.8 Å². The Morgan fingerprint density at radius 2 is 2.12 bits per heavy atom. The van der Waals surface area contributed by atoms with Crippen molar-refractivity contribution in [3.8, 4) is 0 Å². The van der Waals surface area contributed by atoms with Crippen LogP contribution in [0.1, 0.15) is 18.8 Å². The lowest BCUT2D eigenvalue weighted by Gasteiger charge is -2.17. The Kier molecular flexibility index (Phi) is 5.79. The zero-order valence-corrected chi connectivity index (χ0v) is 13.0. The standard InChI is InChI=1S/C13H16FN3O8/c1-5-10(20)11(21)12(25-5)17-3-6(14)7(15-13(17)22)2-9(19)24-4-8(18)16-23/h3,5,10-12,20-21,23H,2,4H2,1H3,(H,16,18)/t5-,10-,11-,12-/m1/s1. The number of nitrogens with one attached hydrogen (secondary N) is 1. The highest BCUT2D eigenvalue weighted by atomic mass is 19.1. The number of halogens is 1. The van der Waals surface area contributed by atoms with E-state index in [0.717, 1.165) is 0 Å². The van der Waals surface area contributed by atoms with Gasteiger partial charge in [-0.2, -0.15) is 4.98 Å². The lowest BCUT2D eigenvalue weighted by atomic mass is 10.1. The zero-order valence-electron chi connectivity index (χ0n) is 13.0. The quantitative estimate of drug-likeness (QED) is 0.255. The van der Waals surface area contributed by atoms with Crippen molar-refractivity contribution in [2.45, 2.75) is 37.9 Å². The number of nitrogens with zero attached hydrogens (tertiary/aromatic N) is 2. The highest BCUT2D eigenvalue weighted by molar-refractivity contribution is 5.80. The predicted octanol–water partition coefficient (Wildman–Crippen LogP) is -2.39. The van der Waals surface area contributed by atoms with Gasteiger partial charge in [0, 0.05) is 6.20 Å². The Bertz CT molecular complexity index is 724. The number of rotatable bonds is 5. The van der Waals surface area contributed by atoms with E-state index >= 15 is 0 Å². The van der Waals surface area contributed by atoms with Gasteiger partial charge in [-0.3, -0.25) is 19.4 Å². The largest absolute Gasteiger partial charge is 0.455 e. The molecule has 0 unspecified atom stereocenters. The van der Waals surface area contributed by atoms with E-state index in [-0.39, 0.29) is 0 Å². The summed E-state index contributed by atoms with van der Waals surface area (Å²) in [6.45, 7) is 0.682. The molecule has 4 N–H and O–H groups in total. The SMILES string of the molecule is C[C@H]1O[C@@H](n2cc(F)c(CC(=O)OCC(=O)NO)nc2=O)[C@H](O)[C@@H]1O. The summed E-state index contributed by atoms with van der Waals surface area (Å²) in [6.07, 6.45) is -4.85. The minimum atomic E-state index is -1.46. The number of carbonyl (C=O) groups excluding carboxylic acids is 2. The van der Waals surface area contributed by atoms with Crippen molar-refractivity contribution in [2.75, 3.05) is 6.61 Å². The number of esters is 1. The second-order valence-corrected chi connectivity index (χ2v) is 5.31. The number of hydrogen-bond donors (Lipinski definition) is 4. The number of hydrogen-bond acceptors (Lipinski definition) is 9. The number of carbonyl (C=O) groups is 2. The number of aliphatic hydroxyl groups excluding tert-OH is 2. The molecule has 1 aromatic rings. The monoisotopic (exact) mass is 361 g/mol. The average molecular weight is 361 g/mol. The van der Waals surface area contributed by atoms with Crippen LogP contribution < -0.4 is 11.2 Å². The van der Waals surface area contributed by atoms with E-state index < -0.39 is 66.6 Å². The third kappa shape index (κ3) is 4.17. The molecule has 1 saturated heterocycles. The van der Waals surface area contributed by atoms with Crippen molar-refractivity contribution in [3.05, 3.63) is 28.2 Å². The van der Waals surface area contributed by atoms with Crippen molar-refractivity contribution >= 4 is 11.9 Å². The maximum Gasteiger partial charge on any atom is 0.350 e. The molecule has 2 heterocycles. The topological polar surface area (TPSA) is 160 Å². The molecule has 25 heavy (non-hydrogen) atoms. The molecular formula is C13H16FN3O8. The Morgan fingerprint density at radius 3 is 2.68 bits per heavy atom. The molecule has 1 fully saturated rings. The lowest BCUT2D eigenvalue weighted by molar-refractivity contribution is -0.150. The minimum absolute atomic E-state index is 0.531. The van der Waals surface area contributed by atoms with Gasteiger partial charge in [0.25, 0.3) is 5.91 Å². The van der Waals surface area contributed by atoms with Crippen LogP contribution in [0, 0.1) is 5.82 Å². The molecule has 1 aliphatic heterocycles. The molecule has 0 radical (unpaired) electrons. The summed E-state index contributed by atoms with van der Waals surface area (Å²) in [5.41, 5.74) is -0.305. The van der Waals surface area contributed by atoms with Crippen LogP contribution in [0.15, 0.2) is 11.0 Å². The van der Waals surface area contributed by atoms with Gasteiger partial charge in [-0.1, -0.05) is 0 Å². The normalized spacial score (nSPS) is 25.6. The molecule has 1 aliphatic rings. The highest BCUT2D eigenvalue weighted by Gasteiger charge is 2.42. The maximum atomic E-state index is 14.1. The van der Waals surface area contributed by atoms with Gasteiger partial charge in [0.05, 0.1) is 18.2 Å². The van der Waals surface area contributed by atoms with Gasteiger partial charge in [-0.15, -0.1) is 0 Å². The van der Waals surface area contributed by atoms with Crippen LogP contribution in [0.2, 0.25) is 0 Å². The molecular weight excluding hydrogens is 345 g/mol. The van der Waals surface area contributed by atoms with Gasteiger partial charge < -0.3 is 19.7 Å². The molecule has 4 atom stereocenters. The zero-order chi connectivity index (χ0) is 18.7. The van der Waals surface area contributed by atoms with Gasteiger partial charge in [0.15, 0.2) is 18.7 Å². The van der Waals surface area contributed by atoms with Crippen LogP contribution in [0.3, 0.4) is 0 Å². The van der Waals surface area contributed by atoms with Crippen molar-refractivity contribution in [1.82, 2.24) is 15.0 Å². The van der Waals surface area contributed by atoms with E-state index in [2.05, 4.69) is 9.72 Å². The molecule has 0 spiro atoms. The first kappa shape index (κ1) is 18.9. The van der Waals surface area contributed by atoms with Gasteiger partial charge in [-0.05, 0) is 6.92 Å². The van der Waals surface area contributed by atoms with Gasteiger partial charge in [0.1, 0.15) is 12.2 Å². The lowest BCUT2D eigenvalue weighted by Crippen LogP contribution is -2.36. The summed E-state index contributed by atoms with van der Waals surface area (Å²) >= 11 is 0. The fourth-order valence-corrected chi connectivity index (χ4v) is 2.21. The fourth-order valence-electron chi connectivity index (χ4n) is 2.21. The molecule has 12 heteroatoms. The first-order valence-electron chi connectivity index (χ1n) is 7.12. The number of aromatic nitrogens is 2. The summed E-state index contributed by atoms with van der Waals surface area (Å²) in [7, 11) is 0. The summed E-state index contributed by atoms with van der Waals surface area (Å²) in [6, 6.07) is 0. The van der Waals surface area contributed by atoms with Crippen molar-refractivity contribution in [2.24, 2.45) is 0 Å². The third-order valence-electron chi connectivity index (χ3n) is 3.53. The van der Waals surface area contributed by atoms with Crippen LogP contribution in [-0.4, -0.2) is 61.8 Å². The predicted molar refractivity (Wildman–Crippen MR) is 74.6 cm³/mol. The van der Waals surface area contributed by atoms with E-state index in [1.165, 1.54) is 12.4 Å². The van der Waals surface area contributed by atoms with Crippen LogP contribution in [0.4, 0.5) is 4.39 Å². The van der Waals surface area contributed by atoms with Crippen molar-refractivity contribution in [3.63, 3.8) is 0 Å². The molecule has 138 valence electrons. The number of ether oxygens (including phenoxy) is 2. The summed E-state index contributed by atoms with van der Waals surface area (Å²) in [5, 5.41) is 27.7. The first-order chi connectivity index (χ1) is 11.7. The van der Waals surface area contributed by atoms with E-state index in [4.69, 9.17) is 9.94 Å². The molecule has 0 aromatic carbocycles. The van der Waals surface area contributed by atoms with Crippen molar-refractivity contribution < 1.29 is 38.9 Å². The maximum absolute atomic E-state index is 14.1. The molecule has 0 bridgehead atoms. The minimum Gasteiger partial charge on any atom is -0.455 e. The number of amides is 1. The summed E-state index contributed by atoms with van der Waals surface area (Å²) < 4.78 is 24.4. The second kappa shape index (κ2) is 7.65. The number of aliphatic hydroxyl groups is 2. The Balaban J connectivity index is 2.14. The highest BCUT2D eigenvalue weighted by Crippen LogP contribution is 2.28. The van der Waals surface area contributed by atoms with Crippen LogP contribution >= 0.6 is 0 Å². The van der Waals surface area contributed by atoms with Crippen molar-refractivity contribution in [1.29, 1.82) is 0 Å². The molecule has 11 nitrogen and oxygen atoms in total. The van der Waals surface area contributed by atoms with Gasteiger partial charge in [-0.25, -0.2) is 14.7 Å². The Labute approximate surface area is 139 Å².